The number of hydrogen-bond donors (Lipinski definition) is 0. The first-order chi connectivity index (χ1) is 9.29. The molecule has 1 atom stereocenters. The van der Waals surface area contributed by atoms with Crippen molar-refractivity contribution in [2.75, 3.05) is 0 Å². The predicted molar refractivity (Wildman–Crippen MR) is 90.6 cm³/mol. The van der Waals surface area contributed by atoms with E-state index >= 15 is 0 Å². The van der Waals surface area contributed by atoms with Crippen molar-refractivity contribution in [1.29, 1.82) is 0 Å². The summed E-state index contributed by atoms with van der Waals surface area (Å²) in [7, 11) is 0. The van der Waals surface area contributed by atoms with Gasteiger partial charge in [-0.25, -0.2) is 0 Å². The first kappa shape index (κ1) is 19.8. The highest BCUT2D eigenvalue weighted by molar-refractivity contribution is 5.35. The zero-order valence-electron chi connectivity index (χ0n) is 13.5. The SMILES string of the molecule is C=C/C=C(\C=C/C)C(C)c1ccccc1.CC.CC. The topological polar surface area (TPSA) is 0 Å². The molecular formula is C19H30. The van der Waals surface area contributed by atoms with Crippen LogP contribution in [-0.4, -0.2) is 0 Å². The molecule has 0 saturated heterocycles. The van der Waals surface area contributed by atoms with Gasteiger partial charge in [0.05, 0.1) is 0 Å². The maximum absolute atomic E-state index is 3.75. The largest absolute Gasteiger partial charge is 0.0991 e. The maximum Gasteiger partial charge on any atom is 0.00608 e. The van der Waals surface area contributed by atoms with E-state index in [1.807, 2.05) is 46.8 Å². The van der Waals surface area contributed by atoms with Gasteiger partial charge >= 0.3 is 0 Å². The third-order valence-corrected chi connectivity index (χ3v) is 2.47. The van der Waals surface area contributed by atoms with Crippen molar-refractivity contribution in [1.82, 2.24) is 0 Å². The Balaban J connectivity index is 0. The predicted octanol–water partition coefficient (Wildman–Crippen LogP) is 6.53. The van der Waals surface area contributed by atoms with Crippen molar-refractivity contribution in [3.05, 3.63) is 72.4 Å². The Bertz CT molecular complexity index is 355. The number of rotatable bonds is 4. The molecule has 106 valence electrons. The molecule has 0 heterocycles. The van der Waals surface area contributed by atoms with Gasteiger partial charge in [-0.15, -0.1) is 0 Å². The van der Waals surface area contributed by atoms with Gasteiger partial charge < -0.3 is 0 Å². The first-order valence-corrected chi connectivity index (χ1v) is 7.29. The lowest BCUT2D eigenvalue weighted by Crippen LogP contribution is -1.95. The minimum absolute atomic E-state index is 0.417. The van der Waals surface area contributed by atoms with Crippen molar-refractivity contribution in [3.63, 3.8) is 0 Å². The molecule has 0 N–H and O–H groups in total. The van der Waals surface area contributed by atoms with Crippen LogP contribution in [0.15, 0.2) is 66.8 Å². The van der Waals surface area contributed by atoms with Crippen LogP contribution in [0.4, 0.5) is 0 Å². The van der Waals surface area contributed by atoms with Crippen LogP contribution < -0.4 is 0 Å². The molecule has 0 amide bonds. The van der Waals surface area contributed by atoms with E-state index in [9.17, 15) is 0 Å². The van der Waals surface area contributed by atoms with E-state index in [4.69, 9.17) is 0 Å². The van der Waals surface area contributed by atoms with Gasteiger partial charge in [0.15, 0.2) is 0 Å². The molecule has 0 aliphatic rings. The molecule has 19 heavy (non-hydrogen) atoms. The van der Waals surface area contributed by atoms with E-state index in [0.29, 0.717) is 5.92 Å². The highest BCUT2D eigenvalue weighted by atomic mass is 14.1. The molecule has 0 aliphatic heterocycles. The van der Waals surface area contributed by atoms with E-state index in [-0.39, 0.29) is 0 Å². The van der Waals surface area contributed by atoms with Gasteiger partial charge in [-0.3, -0.25) is 0 Å². The standard InChI is InChI=1S/C15H18.2C2H6/c1-4-9-14(10-5-2)13(3)15-11-7-6-8-12-15;2*1-2/h4-13H,1H2,2-3H3;2*1-2H3/b10-5-,14-9+;;. The maximum atomic E-state index is 3.75. The smallest absolute Gasteiger partial charge is 0.00608 e. The summed E-state index contributed by atoms with van der Waals surface area (Å²) < 4.78 is 0. The molecule has 0 saturated carbocycles. The zero-order valence-corrected chi connectivity index (χ0v) is 13.5. The molecule has 0 radical (unpaired) electrons. The van der Waals surface area contributed by atoms with Crippen LogP contribution >= 0.6 is 0 Å². The molecule has 1 unspecified atom stereocenters. The van der Waals surface area contributed by atoms with Gasteiger partial charge in [0.25, 0.3) is 0 Å². The lowest BCUT2D eigenvalue weighted by molar-refractivity contribution is 0.921. The second-order valence-electron chi connectivity index (χ2n) is 3.53. The molecule has 0 fully saturated rings. The molecule has 0 spiro atoms. The molecule has 1 aromatic rings. The van der Waals surface area contributed by atoms with Gasteiger partial charge in [0.2, 0.25) is 0 Å². The minimum atomic E-state index is 0.417. The molecule has 0 bridgehead atoms. The van der Waals surface area contributed by atoms with Crippen LogP contribution in [0.2, 0.25) is 0 Å². The fourth-order valence-electron chi connectivity index (χ4n) is 1.61. The summed E-state index contributed by atoms with van der Waals surface area (Å²) in [6, 6.07) is 10.5. The van der Waals surface area contributed by atoms with Crippen LogP contribution in [-0.2, 0) is 0 Å². The summed E-state index contributed by atoms with van der Waals surface area (Å²) in [5.41, 5.74) is 2.63. The van der Waals surface area contributed by atoms with Crippen LogP contribution in [0.1, 0.15) is 53.0 Å². The van der Waals surface area contributed by atoms with Gasteiger partial charge in [0, 0.05) is 5.92 Å². The van der Waals surface area contributed by atoms with E-state index in [1.54, 1.807) is 0 Å². The summed E-state index contributed by atoms with van der Waals surface area (Å²) in [5, 5.41) is 0. The summed E-state index contributed by atoms with van der Waals surface area (Å²) in [4.78, 5) is 0. The summed E-state index contributed by atoms with van der Waals surface area (Å²) in [6.45, 7) is 16.0. The van der Waals surface area contributed by atoms with Crippen molar-refractivity contribution < 1.29 is 0 Å². The van der Waals surface area contributed by atoms with Crippen molar-refractivity contribution in [2.24, 2.45) is 0 Å². The zero-order chi connectivity index (χ0) is 15.1. The Labute approximate surface area is 120 Å². The highest BCUT2D eigenvalue weighted by Gasteiger charge is 2.06. The van der Waals surface area contributed by atoms with Crippen LogP contribution in [0.5, 0.6) is 0 Å². The van der Waals surface area contributed by atoms with Crippen molar-refractivity contribution >= 4 is 0 Å². The molecule has 0 heteroatoms. The Morgan fingerprint density at radius 1 is 1.05 bits per heavy atom. The lowest BCUT2D eigenvalue weighted by Gasteiger charge is -2.12. The Morgan fingerprint density at radius 2 is 1.58 bits per heavy atom. The fraction of sp³-hybridized carbons (Fsp3) is 0.368. The summed E-state index contributed by atoms with van der Waals surface area (Å²) in [5.74, 6) is 0.417. The Kier molecular flexibility index (Phi) is 15.1. The van der Waals surface area contributed by atoms with Gasteiger partial charge in [-0.1, -0.05) is 95.8 Å². The Hall–Kier alpha value is -1.56. The molecule has 0 aliphatic carbocycles. The van der Waals surface area contributed by atoms with Crippen molar-refractivity contribution in [3.8, 4) is 0 Å². The third kappa shape index (κ3) is 8.20. The van der Waals surface area contributed by atoms with E-state index in [2.05, 4.69) is 56.0 Å². The fourth-order valence-corrected chi connectivity index (χ4v) is 1.61. The molecule has 1 aromatic carbocycles. The number of benzene rings is 1. The van der Waals surface area contributed by atoms with E-state index in [1.165, 1.54) is 11.1 Å². The van der Waals surface area contributed by atoms with E-state index in [0.717, 1.165) is 0 Å². The second-order valence-corrected chi connectivity index (χ2v) is 3.53. The molecule has 1 rings (SSSR count). The second kappa shape index (κ2) is 14.5. The lowest BCUT2D eigenvalue weighted by atomic mass is 9.92. The normalized spacial score (nSPS) is 11.8. The van der Waals surface area contributed by atoms with Gasteiger partial charge in [-0.05, 0) is 18.1 Å². The molecule has 0 aromatic heterocycles. The van der Waals surface area contributed by atoms with Gasteiger partial charge in [-0.2, -0.15) is 0 Å². The molecular weight excluding hydrogens is 228 g/mol. The first-order valence-electron chi connectivity index (χ1n) is 7.29. The van der Waals surface area contributed by atoms with Crippen molar-refractivity contribution in [2.45, 2.75) is 47.5 Å². The average Bonchev–Trinajstić information content (AvgIpc) is 2.51. The Morgan fingerprint density at radius 3 is 2.00 bits per heavy atom. The number of allylic oxidation sites excluding steroid dienone is 5. The van der Waals surface area contributed by atoms with Crippen LogP contribution in [0, 0.1) is 0 Å². The summed E-state index contributed by atoms with van der Waals surface area (Å²) >= 11 is 0. The minimum Gasteiger partial charge on any atom is -0.0991 e. The van der Waals surface area contributed by atoms with Crippen LogP contribution in [0.25, 0.3) is 0 Å². The van der Waals surface area contributed by atoms with Crippen LogP contribution in [0.3, 0.4) is 0 Å². The molecule has 0 nitrogen and oxygen atoms in total. The average molecular weight is 258 g/mol. The number of hydrogen-bond acceptors (Lipinski definition) is 0. The monoisotopic (exact) mass is 258 g/mol. The third-order valence-electron chi connectivity index (χ3n) is 2.47. The summed E-state index contributed by atoms with van der Waals surface area (Å²) in [6.07, 6.45) is 8.11. The van der Waals surface area contributed by atoms with Gasteiger partial charge in [0.1, 0.15) is 0 Å². The quantitative estimate of drug-likeness (QED) is 0.538. The highest BCUT2D eigenvalue weighted by Crippen LogP contribution is 2.24. The van der Waals surface area contributed by atoms with E-state index < -0.39 is 0 Å².